The molecule has 1 nitrogen and oxygen atoms in total. The maximum absolute atomic E-state index is 10.7. The van der Waals surface area contributed by atoms with Gasteiger partial charge in [-0.1, -0.05) is 23.7 Å². The fourth-order valence-corrected chi connectivity index (χ4v) is 2.28. The molecule has 0 atom stereocenters. The summed E-state index contributed by atoms with van der Waals surface area (Å²) >= 11 is 12.1. The van der Waals surface area contributed by atoms with E-state index in [0.717, 1.165) is 27.9 Å². The zero-order valence-corrected chi connectivity index (χ0v) is 13.6. The first-order valence-corrected chi connectivity index (χ1v) is 8.81. The Morgan fingerprint density at radius 3 is 2.05 bits per heavy atom. The van der Waals surface area contributed by atoms with Crippen molar-refractivity contribution in [2.45, 2.75) is 6.42 Å². The van der Waals surface area contributed by atoms with Gasteiger partial charge in [-0.2, -0.15) is 0 Å². The number of halogens is 8. The molecule has 2 rings (SSSR count). The summed E-state index contributed by atoms with van der Waals surface area (Å²) in [7, 11) is -8.63. The van der Waals surface area contributed by atoms with Gasteiger partial charge in [0.05, 0.1) is 10.4 Å². The third-order valence-electron chi connectivity index (χ3n) is 2.52. The van der Waals surface area contributed by atoms with Crippen LogP contribution >= 0.6 is 31.0 Å². The first-order chi connectivity index (χ1) is 9.69. The molecule has 0 amide bonds. The minimum atomic E-state index is -10.7. The zero-order valence-electron chi connectivity index (χ0n) is 11.2. The van der Waals surface area contributed by atoms with Crippen molar-refractivity contribution >= 4 is 41.9 Å². The summed E-state index contributed by atoms with van der Waals surface area (Å²) in [5, 5.41) is 1.91. The molecule has 10 heteroatoms. The maximum atomic E-state index is 9.87. The number of alkyl halides is 1. The Bertz CT molecular complexity index is 675. The minimum absolute atomic E-state index is 0.595. The molecule has 0 saturated carbocycles. The van der Waals surface area contributed by atoms with Gasteiger partial charge in [0.1, 0.15) is 7.05 Å². The Morgan fingerprint density at radius 1 is 1.05 bits per heavy atom. The van der Waals surface area contributed by atoms with E-state index in [1.165, 1.54) is 0 Å². The Hall–Kier alpha value is -0.780. The molecule has 1 aromatic carbocycles. The third-order valence-corrected chi connectivity index (χ3v) is 3.15. The molecule has 0 saturated heterocycles. The number of para-hydroxylation sites is 1. The number of hydrogen-bond acceptors (Lipinski definition) is 0. The summed E-state index contributed by atoms with van der Waals surface area (Å²) in [5.74, 6) is 0.595. The first kappa shape index (κ1) is 19.3. The second-order valence-corrected chi connectivity index (χ2v) is 7.17. The van der Waals surface area contributed by atoms with Crippen molar-refractivity contribution in [2.24, 2.45) is 7.05 Å². The Labute approximate surface area is 132 Å². The molecule has 1 heterocycles. The second kappa shape index (κ2) is 5.69. The van der Waals surface area contributed by atoms with Crippen molar-refractivity contribution in [1.29, 1.82) is 0 Å². The Kier molecular flexibility index (Phi) is 4.99. The average molecular weight is 386 g/mol. The number of pyridine rings is 1. The van der Waals surface area contributed by atoms with E-state index < -0.39 is 7.81 Å². The number of fused-ring (bicyclic) bond motifs is 1. The number of rotatable bonds is 2. The van der Waals surface area contributed by atoms with Crippen molar-refractivity contribution in [3.63, 3.8) is 0 Å². The van der Waals surface area contributed by atoms with Crippen LogP contribution in [0.4, 0.5) is 25.2 Å². The van der Waals surface area contributed by atoms with E-state index in [4.69, 9.17) is 23.2 Å². The molecular formula is C12H12Cl2F6NP. The molecule has 22 heavy (non-hydrogen) atoms. The number of benzene rings is 1. The molecule has 0 radical (unpaired) electrons. The molecule has 1 aromatic heterocycles. The van der Waals surface area contributed by atoms with Crippen molar-refractivity contribution in [2.75, 3.05) is 5.88 Å². The predicted molar refractivity (Wildman–Crippen MR) is 78.1 cm³/mol. The van der Waals surface area contributed by atoms with E-state index in [0.29, 0.717) is 5.88 Å². The molecule has 126 valence electrons. The molecule has 0 aliphatic carbocycles. The molecule has 0 aliphatic heterocycles. The quantitative estimate of drug-likeness (QED) is 0.241. The van der Waals surface area contributed by atoms with Crippen LogP contribution in [0.2, 0.25) is 5.02 Å². The average Bonchev–Trinajstić information content (AvgIpc) is 2.32. The Morgan fingerprint density at radius 2 is 1.55 bits per heavy atom. The summed E-state index contributed by atoms with van der Waals surface area (Å²) in [6, 6.07) is 8.11. The second-order valence-electron chi connectivity index (χ2n) is 4.49. The van der Waals surface area contributed by atoms with Gasteiger partial charge in [-0.25, -0.2) is 4.57 Å². The molecule has 2 aromatic rings. The van der Waals surface area contributed by atoms with Crippen LogP contribution in [0.5, 0.6) is 0 Å². The van der Waals surface area contributed by atoms with Crippen LogP contribution in [0.3, 0.4) is 0 Å². The predicted octanol–water partition coefficient (Wildman–Crippen LogP) is 6.48. The summed E-state index contributed by atoms with van der Waals surface area (Å²) in [4.78, 5) is 0. The van der Waals surface area contributed by atoms with Crippen LogP contribution < -0.4 is 4.57 Å². The van der Waals surface area contributed by atoms with Gasteiger partial charge >= 0.3 is 33.0 Å². The molecule has 0 fully saturated rings. The Balaban J connectivity index is 0.000000295. The third kappa shape index (κ3) is 7.47. The number of nitrogens with zero attached hydrogens (tertiary/aromatic N) is 1. The summed E-state index contributed by atoms with van der Waals surface area (Å²) < 4.78 is 61.3. The number of hydrogen-bond donors (Lipinski definition) is 0. The molecule has 0 spiro atoms. The standard InChI is InChI=1S/C12H12Cl2N.F6P/c1-15-8-9(6-7-13)12(14)10-4-2-3-5-11(10)15;1-7(2,3,4,5)6/h2-5,8H,6-7H2,1H3;/q+1;-1. The van der Waals surface area contributed by atoms with Gasteiger partial charge < -0.3 is 0 Å². The van der Waals surface area contributed by atoms with Crippen molar-refractivity contribution in [3.05, 3.63) is 41.0 Å². The van der Waals surface area contributed by atoms with Crippen LogP contribution in [0, 0.1) is 0 Å². The molecule has 0 N–H and O–H groups in total. The normalized spacial score (nSPS) is 14.8. The summed E-state index contributed by atoms with van der Waals surface area (Å²) in [6.07, 6.45) is 2.85. The van der Waals surface area contributed by atoms with Gasteiger partial charge in [0, 0.05) is 17.5 Å². The van der Waals surface area contributed by atoms with E-state index in [2.05, 4.69) is 10.6 Å². The van der Waals surface area contributed by atoms with Crippen molar-refractivity contribution in [1.82, 2.24) is 0 Å². The van der Waals surface area contributed by atoms with Gasteiger partial charge in [-0.05, 0) is 12.5 Å². The molecule has 0 aliphatic rings. The molecule has 0 bridgehead atoms. The monoisotopic (exact) mass is 385 g/mol. The van der Waals surface area contributed by atoms with Crippen molar-refractivity contribution in [3.8, 4) is 0 Å². The van der Waals surface area contributed by atoms with E-state index in [9.17, 15) is 25.2 Å². The fourth-order valence-electron chi connectivity index (χ4n) is 1.78. The van der Waals surface area contributed by atoms with E-state index in [-0.39, 0.29) is 0 Å². The van der Waals surface area contributed by atoms with Crippen LogP contribution in [0.15, 0.2) is 30.5 Å². The number of aromatic nitrogens is 1. The van der Waals surface area contributed by atoms with Crippen molar-refractivity contribution < 1.29 is 29.7 Å². The van der Waals surface area contributed by atoms with E-state index in [1.54, 1.807) is 0 Å². The van der Waals surface area contributed by atoms with Gasteiger partial charge in [0.2, 0.25) is 5.52 Å². The summed E-state index contributed by atoms with van der Waals surface area (Å²) in [6.45, 7) is 0. The zero-order chi connectivity index (χ0) is 17.2. The molecular weight excluding hydrogens is 374 g/mol. The van der Waals surface area contributed by atoms with Gasteiger partial charge in [0.25, 0.3) is 0 Å². The van der Waals surface area contributed by atoms with Gasteiger partial charge in [-0.15, -0.1) is 11.6 Å². The fraction of sp³-hybridized carbons (Fsp3) is 0.250. The van der Waals surface area contributed by atoms with Crippen LogP contribution in [-0.2, 0) is 13.5 Å². The topological polar surface area (TPSA) is 3.88 Å². The van der Waals surface area contributed by atoms with Crippen LogP contribution in [0.1, 0.15) is 5.56 Å². The first-order valence-electron chi connectivity index (χ1n) is 5.87. The molecule has 0 unspecified atom stereocenters. The SMILES string of the molecule is C[n+]1cc(CCCl)c(Cl)c2ccccc21.F[P-](F)(F)(F)(F)F. The number of aryl methyl sites for hydroxylation is 2. The van der Waals surface area contributed by atoms with Crippen LogP contribution in [-0.4, -0.2) is 5.88 Å². The van der Waals surface area contributed by atoms with Gasteiger partial charge in [-0.3, -0.25) is 0 Å². The van der Waals surface area contributed by atoms with E-state index in [1.807, 2.05) is 31.4 Å². The van der Waals surface area contributed by atoms with Gasteiger partial charge in [0.15, 0.2) is 6.20 Å². The van der Waals surface area contributed by atoms with Crippen LogP contribution in [0.25, 0.3) is 10.9 Å². The summed E-state index contributed by atoms with van der Waals surface area (Å²) in [5.41, 5.74) is 2.24. The van der Waals surface area contributed by atoms with E-state index >= 15 is 0 Å².